The molecule has 2 aliphatic rings. The third-order valence-corrected chi connectivity index (χ3v) is 2.81. The molecule has 2 fully saturated rings. The number of fused-ring (bicyclic) bond motifs is 1. The van der Waals surface area contributed by atoms with E-state index in [1.807, 2.05) is 13.8 Å². The second-order valence-electron chi connectivity index (χ2n) is 4.39. The number of halogens is 1. The highest BCUT2D eigenvalue weighted by molar-refractivity contribution is 6.61. The first-order chi connectivity index (χ1) is 7.93. The third-order valence-electron chi connectivity index (χ3n) is 2.70. The molecule has 2 aliphatic heterocycles. The molecule has 0 aromatic rings. The Morgan fingerprint density at radius 3 is 2.59 bits per heavy atom. The summed E-state index contributed by atoms with van der Waals surface area (Å²) in [5.74, 6) is -0.695. The molecule has 0 aromatic heterocycles. The van der Waals surface area contributed by atoms with Crippen molar-refractivity contribution in [3.8, 4) is 0 Å². The topological polar surface area (TPSA) is 63.2 Å². The van der Waals surface area contributed by atoms with Crippen LogP contribution in [0, 0.1) is 0 Å². The zero-order valence-electron chi connectivity index (χ0n) is 9.84. The minimum Gasteiger partial charge on any atom is -0.451 e. The van der Waals surface area contributed by atoms with Crippen LogP contribution in [0.15, 0.2) is 0 Å². The molecule has 17 heavy (non-hydrogen) atoms. The average Bonchev–Trinajstić information content (AvgIpc) is 2.68. The molecule has 0 spiro atoms. The Bertz CT molecular complexity index is 307. The van der Waals surface area contributed by atoms with E-state index in [1.54, 1.807) is 0 Å². The third kappa shape index (κ3) is 2.71. The van der Waals surface area contributed by atoms with E-state index in [0.717, 1.165) is 0 Å². The van der Waals surface area contributed by atoms with Crippen LogP contribution in [0.4, 0.5) is 4.79 Å². The summed E-state index contributed by atoms with van der Waals surface area (Å²) < 4.78 is 26.7. The summed E-state index contributed by atoms with van der Waals surface area (Å²) in [5, 5.41) is 0. The van der Waals surface area contributed by atoms with Crippen molar-refractivity contribution in [2.24, 2.45) is 0 Å². The summed E-state index contributed by atoms with van der Waals surface area (Å²) in [7, 11) is 1.52. The Kier molecular flexibility index (Phi) is 3.61. The van der Waals surface area contributed by atoms with Crippen molar-refractivity contribution < 1.29 is 28.5 Å². The first-order valence-electron chi connectivity index (χ1n) is 5.29. The van der Waals surface area contributed by atoms with Crippen LogP contribution < -0.4 is 0 Å². The van der Waals surface area contributed by atoms with Gasteiger partial charge in [-0.2, -0.15) is 0 Å². The molecular weight excluding hydrogens is 252 g/mol. The molecule has 2 unspecified atom stereocenters. The van der Waals surface area contributed by atoms with Gasteiger partial charge >= 0.3 is 5.43 Å². The van der Waals surface area contributed by atoms with Gasteiger partial charge in [-0.3, -0.25) is 0 Å². The normalized spacial score (nSPS) is 39.1. The lowest BCUT2D eigenvalue weighted by Crippen LogP contribution is -2.33. The maximum Gasteiger partial charge on any atom is 0.403 e. The van der Waals surface area contributed by atoms with E-state index in [4.69, 9.17) is 35.3 Å². The number of hydrogen-bond acceptors (Lipinski definition) is 6. The fourth-order valence-corrected chi connectivity index (χ4v) is 2.18. The summed E-state index contributed by atoms with van der Waals surface area (Å²) in [6.45, 7) is 3.63. The molecule has 7 heteroatoms. The molecule has 0 bridgehead atoms. The molecule has 4 atom stereocenters. The van der Waals surface area contributed by atoms with Crippen molar-refractivity contribution in [2.75, 3.05) is 13.7 Å². The van der Waals surface area contributed by atoms with E-state index in [2.05, 4.69) is 0 Å². The van der Waals surface area contributed by atoms with Gasteiger partial charge in [-0.15, -0.1) is 0 Å². The van der Waals surface area contributed by atoms with Crippen molar-refractivity contribution >= 4 is 17.0 Å². The van der Waals surface area contributed by atoms with Gasteiger partial charge in [0.2, 0.25) is 0 Å². The van der Waals surface area contributed by atoms with Gasteiger partial charge in [-0.1, -0.05) is 0 Å². The van der Waals surface area contributed by atoms with Crippen molar-refractivity contribution in [1.82, 2.24) is 0 Å². The summed E-state index contributed by atoms with van der Waals surface area (Å²) in [5.41, 5.74) is -0.871. The second-order valence-corrected chi connectivity index (χ2v) is 4.70. The Hall–Kier alpha value is -0.400. The smallest absolute Gasteiger partial charge is 0.403 e. The first kappa shape index (κ1) is 13.0. The minimum atomic E-state index is -0.871. The molecular formula is C10H15ClO6. The maximum atomic E-state index is 10.6. The van der Waals surface area contributed by atoms with Gasteiger partial charge in [0.1, 0.15) is 24.9 Å². The summed E-state index contributed by atoms with van der Waals surface area (Å²) in [6, 6.07) is 0. The highest BCUT2D eigenvalue weighted by Gasteiger charge is 2.55. The van der Waals surface area contributed by atoms with Gasteiger partial charge in [0.15, 0.2) is 12.1 Å². The van der Waals surface area contributed by atoms with E-state index in [1.165, 1.54) is 7.11 Å². The summed E-state index contributed by atoms with van der Waals surface area (Å²) in [6.07, 6.45) is -1.62. The predicted octanol–water partition coefficient (Wildman–Crippen LogP) is 1.25. The molecule has 2 saturated heterocycles. The Balaban J connectivity index is 2.02. The standard InChI is InChI=1S/C10H15ClO6/c1-10(2)16-6-5(4-14-9(11)12)15-8(13-3)7(6)17-10/h5-8H,4H2,1-3H3/t5-,6+,7?,8?/m1/s1. The lowest BCUT2D eigenvalue weighted by molar-refractivity contribution is -0.229. The van der Waals surface area contributed by atoms with Gasteiger partial charge in [-0.25, -0.2) is 4.79 Å². The monoisotopic (exact) mass is 266 g/mol. The molecule has 0 aliphatic carbocycles. The van der Waals surface area contributed by atoms with Crippen LogP contribution in [0.2, 0.25) is 0 Å². The highest BCUT2D eigenvalue weighted by atomic mass is 35.5. The van der Waals surface area contributed by atoms with Gasteiger partial charge in [0.25, 0.3) is 0 Å². The van der Waals surface area contributed by atoms with Crippen molar-refractivity contribution in [2.45, 2.75) is 44.2 Å². The van der Waals surface area contributed by atoms with Crippen LogP contribution >= 0.6 is 11.6 Å². The fraction of sp³-hybridized carbons (Fsp3) is 0.900. The Labute approximate surface area is 104 Å². The highest BCUT2D eigenvalue weighted by Crippen LogP contribution is 2.38. The lowest BCUT2D eigenvalue weighted by atomic mass is 10.1. The number of rotatable bonds is 3. The molecule has 6 nitrogen and oxygen atoms in total. The van der Waals surface area contributed by atoms with Crippen molar-refractivity contribution in [3.63, 3.8) is 0 Å². The quantitative estimate of drug-likeness (QED) is 0.717. The molecule has 0 aromatic carbocycles. The van der Waals surface area contributed by atoms with Crippen LogP contribution in [0.1, 0.15) is 13.8 Å². The number of ether oxygens (including phenoxy) is 5. The first-order valence-corrected chi connectivity index (χ1v) is 5.67. The number of carbonyl (C=O) groups excluding carboxylic acids is 1. The van der Waals surface area contributed by atoms with E-state index in [0.29, 0.717) is 0 Å². The number of carbonyl (C=O) groups is 1. The number of hydrogen-bond donors (Lipinski definition) is 0. The zero-order chi connectivity index (χ0) is 12.6. The number of methoxy groups -OCH3 is 1. The minimum absolute atomic E-state index is 0.0167. The maximum absolute atomic E-state index is 10.6. The predicted molar refractivity (Wildman–Crippen MR) is 56.7 cm³/mol. The van der Waals surface area contributed by atoms with Gasteiger partial charge in [-0.05, 0) is 13.8 Å². The zero-order valence-corrected chi connectivity index (χ0v) is 10.6. The van der Waals surface area contributed by atoms with Gasteiger partial charge in [0.05, 0.1) is 0 Å². The van der Waals surface area contributed by atoms with Crippen LogP contribution in [-0.4, -0.2) is 49.5 Å². The van der Waals surface area contributed by atoms with Crippen molar-refractivity contribution in [1.29, 1.82) is 0 Å². The van der Waals surface area contributed by atoms with Crippen LogP contribution in [-0.2, 0) is 23.7 Å². The van der Waals surface area contributed by atoms with E-state index < -0.39 is 23.6 Å². The van der Waals surface area contributed by atoms with Crippen LogP contribution in [0.25, 0.3) is 0 Å². The Morgan fingerprint density at radius 1 is 1.35 bits per heavy atom. The molecule has 0 amide bonds. The largest absolute Gasteiger partial charge is 0.451 e. The average molecular weight is 267 g/mol. The molecule has 98 valence electrons. The van der Waals surface area contributed by atoms with E-state index in [9.17, 15) is 4.79 Å². The van der Waals surface area contributed by atoms with E-state index >= 15 is 0 Å². The molecule has 0 radical (unpaired) electrons. The summed E-state index contributed by atoms with van der Waals surface area (Å²) >= 11 is 5.11. The SMILES string of the molecule is COC1O[C@H](COC(=O)Cl)[C@@H]2OC(C)(C)OC12. The second kappa shape index (κ2) is 4.70. The summed E-state index contributed by atoms with van der Waals surface area (Å²) in [4.78, 5) is 10.6. The van der Waals surface area contributed by atoms with Gasteiger partial charge < -0.3 is 23.7 Å². The van der Waals surface area contributed by atoms with E-state index in [-0.39, 0.29) is 18.8 Å². The Morgan fingerprint density at radius 2 is 2.00 bits per heavy atom. The molecule has 2 heterocycles. The van der Waals surface area contributed by atoms with Crippen LogP contribution in [0.3, 0.4) is 0 Å². The molecule has 0 N–H and O–H groups in total. The fourth-order valence-electron chi connectivity index (χ4n) is 2.11. The van der Waals surface area contributed by atoms with Crippen molar-refractivity contribution in [3.05, 3.63) is 0 Å². The molecule has 0 saturated carbocycles. The molecule has 2 rings (SSSR count). The van der Waals surface area contributed by atoms with Crippen LogP contribution in [0.5, 0.6) is 0 Å². The van der Waals surface area contributed by atoms with Gasteiger partial charge in [0, 0.05) is 18.7 Å². The lowest BCUT2D eigenvalue weighted by Gasteiger charge is -2.23.